The number of para-hydroxylation sites is 2. The van der Waals surface area contributed by atoms with E-state index in [-0.39, 0.29) is 11.1 Å². The molecule has 3 aromatic carbocycles. The first-order valence-corrected chi connectivity index (χ1v) is 9.81. The van der Waals surface area contributed by atoms with Crippen LogP contribution >= 0.6 is 0 Å². The first kappa shape index (κ1) is 18.6. The third-order valence-electron chi connectivity index (χ3n) is 4.83. The average molecular weight is 406 g/mol. The Bertz CT molecular complexity index is 1470. The number of benzene rings is 3. The molecule has 0 atom stereocenters. The van der Waals surface area contributed by atoms with Crippen LogP contribution in [0.25, 0.3) is 16.7 Å². The molecular weight excluding hydrogens is 388 g/mol. The zero-order chi connectivity index (χ0) is 21.2. The molecule has 0 amide bonds. The van der Waals surface area contributed by atoms with Crippen molar-refractivity contribution in [1.29, 1.82) is 0 Å². The lowest BCUT2D eigenvalue weighted by atomic mass is 10.2. The van der Waals surface area contributed by atoms with E-state index >= 15 is 0 Å². The van der Waals surface area contributed by atoms with E-state index < -0.39 is 0 Å². The molecule has 0 saturated carbocycles. The number of hydrogen-bond donors (Lipinski definition) is 0. The number of rotatable bonds is 3. The van der Waals surface area contributed by atoms with Crippen LogP contribution in [-0.2, 0) is 0 Å². The molecule has 7 heteroatoms. The Morgan fingerprint density at radius 3 is 2.55 bits per heavy atom. The molecular formula is C24H18N6O. The summed E-state index contributed by atoms with van der Waals surface area (Å²) in [5.74, 6) is 0.312. The van der Waals surface area contributed by atoms with Crippen molar-refractivity contribution < 1.29 is 0 Å². The Morgan fingerprint density at radius 1 is 0.903 bits per heavy atom. The monoisotopic (exact) mass is 406 g/mol. The normalized spacial score (nSPS) is 11.7. The highest BCUT2D eigenvalue weighted by atomic mass is 16.1. The maximum atomic E-state index is 12.9. The number of aliphatic imine (C=N–C) groups is 1. The van der Waals surface area contributed by atoms with E-state index in [1.165, 1.54) is 6.07 Å². The van der Waals surface area contributed by atoms with Crippen LogP contribution < -0.4 is 5.43 Å². The summed E-state index contributed by atoms with van der Waals surface area (Å²) in [5.41, 5.74) is 4.01. The van der Waals surface area contributed by atoms with Crippen LogP contribution in [0.1, 0.15) is 11.3 Å². The molecule has 2 aromatic heterocycles. The van der Waals surface area contributed by atoms with Crippen molar-refractivity contribution in [3.63, 3.8) is 0 Å². The van der Waals surface area contributed by atoms with Crippen molar-refractivity contribution >= 4 is 22.6 Å². The minimum Gasteiger partial charge on any atom is -0.287 e. The summed E-state index contributed by atoms with van der Waals surface area (Å²) >= 11 is 0. The molecule has 0 saturated heterocycles. The molecule has 0 radical (unpaired) electrons. The van der Waals surface area contributed by atoms with E-state index in [4.69, 9.17) is 4.99 Å². The van der Waals surface area contributed by atoms with Gasteiger partial charge in [-0.15, -0.1) is 5.10 Å². The third kappa shape index (κ3) is 3.64. The van der Waals surface area contributed by atoms with Crippen molar-refractivity contribution in [1.82, 2.24) is 24.8 Å². The van der Waals surface area contributed by atoms with Gasteiger partial charge in [-0.05, 0) is 48.9 Å². The van der Waals surface area contributed by atoms with Gasteiger partial charge in [-0.3, -0.25) is 4.79 Å². The topological polar surface area (TPSA) is 78.0 Å². The standard InChI is InChI=1S/C24H18N6O/c1-17-8-7-11-19(16-17)29-15-14-22(31)23(27-29)24(25-18-9-3-2-4-10-18)30-21-13-6-5-12-20(21)26-28-30/h2-16H,1H3. The van der Waals surface area contributed by atoms with Crippen LogP contribution in [0.3, 0.4) is 0 Å². The Hall–Kier alpha value is -4.39. The molecule has 0 unspecified atom stereocenters. The maximum absolute atomic E-state index is 12.9. The smallest absolute Gasteiger partial charge is 0.211 e. The predicted octanol–water partition coefficient (Wildman–Crippen LogP) is 3.91. The summed E-state index contributed by atoms with van der Waals surface area (Å²) in [6.45, 7) is 2.01. The van der Waals surface area contributed by atoms with Crippen LogP contribution in [0.2, 0.25) is 0 Å². The molecule has 0 bridgehead atoms. The lowest BCUT2D eigenvalue weighted by Crippen LogP contribution is -2.27. The largest absolute Gasteiger partial charge is 0.287 e. The SMILES string of the molecule is Cc1cccc(-n2ccc(=O)c(C(=Nc3ccccc3)n3nnc4ccccc43)n2)c1. The fraction of sp³-hybridized carbons (Fsp3) is 0.0417. The molecule has 2 heterocycles. The Labute approximate surface area is 177 Å². The average Bonchev–Trinajstić information content (AvgIpc) is 3.23. The van der Waals surface area contributed by atoms with Gasteiger partial charge >= 0.3 is 0 Å². The number of aromatic nitrogens is 5. The predicted molar refractivity (Wildman–Crippen MR) is 120 cm³/mol. The van der Waals surface area contributed by atoms with Crippen molar-refractivity contribution in [3.05, 3.63) is 113 Å². The van der Waals surface area contributed by atoms with Crippen molar-refractivity contribution in [2.75, 3.05) is 0 Å². The molecule has 0 aliphatic rings. The lowest BCUT2D eigenvalue weighted by molar-refractivity contribution is 0.806. The van der Waals surface area contributed by atoms with Gasteiger partial charge in [0, 0.05) is 12.3 Å². The summed E-state index contributed by atoms with van der Waals surface area (Å²) in [6, 6.07) is 26.3. The minimum absolute atomic E-state index is 0.184. The van der Waals surface area contributed by atoms with Crippen LogP contribution in [0.5, 0.6) is 0 Å². The quantitative estimate of drug-likeness (QED) is 0.336. The van der Waals surface area contributed by atoms with Gasteiger partial charge in [-0.2, -0.15) is 9.78 Å². The second-order valence-corrected chi connectivity index (χ2v) is 7.07. The third-order valence-corrected chi connectivity index (χ3v) is 4.83. The van der Waals surface area contributed by atoms with E-state index in [1.807, 2.05) is 85.8 Å². The second kappa shape index (κ2) is 7.79. The Morgan fingerprint density at radius 2 is 1.71 bits per heavy atom. The molecule has 0 N–H and O–H groups in total. The van der Waals surface area contributed by atoms with Crippen LogP contribution in [0.15, 0.2) is 101 Å². The fourth-order valence-corrected chi connectivity index (χ4v) is 3.33. The first-order valence-electron chi connectivity index (χ1n) is 9.81. The zero-order valence-electron chi connectivity index (χ0n) is 16.8. The lowest BCUT2D eigenvalue weighted by Gasteiger charge is -2.10. The highest BCUT2D eigenvalue weighted by Crippen LogP contribution is 2.16. The summed E-state index contributed by atoms with van der Waals surface area (Å²) in [6.07, 6.45) is 1.65. The van der Waals surface area contributed by atoms with Gasteiger partial charge < -0.3 is 0 Å². The molecule has 5 rings (SSSR count). The summed E-state index contributed by atoms with van der Waals surface area (Å²) in [7, 11) is 0. The highest BCUT2D eigenvalue weighted by Gasteiger charge is 2.18. The van der Waals surface area contributed by atoms with E-state index in [9.17, 15) is 4.79 Å². The fourth-order valence-electron chi connectivity index (χ4n) is 3.33. The van der Waals surface area contributed by atoms with Gasteiger partial charge in [-0.1, -0.05) is 47.7 Å². The van der Waals surface area contributed by atoms with Gasteiger partial charge in [-0.25, -0.2) is 9.67 Å². The second-order valence-electron chi connectivity index (χ2n) is 7.07. The van der Waals surface area contributed by atoms with Crippen LogP contribution in [0, 0.1) is 6.92 Å². The van der Waals surface area contributed by atoms with Crippen LogP contribution in [0.4, 0.5) is 5.69 Å². The molecule has 0 spiro atoms. The molecule has 0 aliphatic heterocycles. The van der Waals surface area contributed by atoms with Crippen molar-refractivity contribution in [2.24, 2.45) is 4.99 Å². The number of fused-ring (bicyclic) bond motifs is 1. The Kier molecular flexibility index (Phi) is 4.68. The highest BCUT2D eigenvalue weighted by molar-refractivity contribution is 6.03. The van der Waals surface area contributed by atoms with Gasteiger partial charge in [0.05, 0.1) is 16.9 Å². The molecule has 0 aliphatic carbocycles. The van der Waals surface area contributed by atoms with Gasteiger partial charge in [0.15, 0.2) is 11.5 Å². The summed E-state index contributed by atoms with van der Waals surface area (Å²) in [4.78, 5) is 17.7. The number of hydrogen-bond acceptors (Lipinski definition) is 5. The van der Waals surface area contributed by atoms with Crippen molar-refractivity contribution in [2.45, 2.75) is 6.92 Å². The van der Waals surface area contributed by atoms with E-state index in [1.54, 1.807) is 15.6 Å². The molecule has 5 aromatic rings. The Balaban J connectivity index is 1.75. The zero-order valence-corrected chi connectivity index (χ0v) is 16.8. The van der Waals surface area contributed by atoms with Gasteiger partial charge in [0.2, 0.25) is 5.43 Å². The number of aryl methyl sites for hydroxylation is 1. The van der Waals surface area contributed by atoms with Gasteiger partial charge in [0.25, 0.3) is 0 Å². The maximum Gasteiger partial charge on any atom is 0.211 e. The molecule has 0 fully saturated rings. The minimum atomic E-state index is -0.252. The van der Waals surface area contributed by atoms with E-state index in [0.29, 0.717) is 17.0 Å². The van der Waals surface area contributed by atoms with Gasteiger partial charge in [0.1, 0.15) is 5.52 Å². The molecule has 7 nitrogen and oxygen atoms in total. The van der Waals surface area contributed by atoms with E-state index in [2.05, 4.69) is 15.4 Å². The van der Waals surface area contributed by atoms with Crippen molar-refractivity contribution in [3.8, 4) is 5.69 Å². The number of nitrogens with zero attached hydrogens (tertiary/aromatic N) is 6. The summed E-state index contributed by atoms with van der Waals surface area (Å²) in [5, 5.41) is 13.1. The summed E-state index contributed by atoms with van der Waals surface area (Å²) < 4.78 is 3.23. The molecule has 31 heavy (non-hydrogen) atoms. The first-order chi connectivity index (χ1) is 15.2. The van der Waals surface area contributed by atoms with E-state index in [0.717, 1.165) is 16.8 Å². The van der Waals surface area contributed by atoms with Crippen LogP contribution in [-0.4, -0.2) is 30.6 Å². The molecule has 150 valence electrons.